The molecule has 0 spiro atoms. The van der Waals surface area contributed by atoms with Gasteiger partial charge in [-0.05, 0) is 20.3 Å². The predicted octanol–water partition coefficient (Wildman–Crippen LogP) is 2.05. The van der Waals surface area contributed by atoms with E-state index in [9.17, 15) is 0 Å². The van der Waals surface area contributed by atoms with Crippen molar-refractivity contribution in [3.63, 3.8) is 0 Å². The third kappa shape index (κ3) is 8.02. The van der Waals surface area contributed by atoms with Crippen molar-refractivity contribution in [3.05, 3.63) is 11.3 Å². The summed E-state index contributed by atoms with van der Waals surface area (Å²) in [6.45, 7) is 4.75. The van der Waals surface area contributed by atoms with Crippen molar-refractivity contribution in [2.75, 3.05) is 6.61 Å². The molecule has 0 saturated heterocycles. The van der Waals surface area contributed by atoms with Gasteiger partial charge in [-0.2, -0.15) is 0 Å². The van der Waals surface area contributed by atoms with Gasteiger partial charge in [0.25, 0.3) is 0 Å². The molecule has 72 valence electrons. The molecular formula is C10H22OSi. The number of rotatable bonds is 7. The van der Waals surface area contributed by atoms with Crippen molar-refractivity contribution in [1.82, 2.24) is 0 Å². The average Bonchev–Trinajstić information content (AvgIpc) is 2.10. The lowest BCUT2D eigenvalue weighted by atomic mass is 10.2. The first-order valence-corrected chi connectivity index (χ1v) is 6.74. The maximum absolute atomic E-state index is 8.55. The van der Waals surface area contributed by atoms with Gasteiger partial charge in [0.05, 0.1) is 0 Å². The Bertz CT molecular complexity index is 121. The zero-order valence-electron chi connectivity index (χ0n) is 8.47. The molecule has 12 heavy (non-hydrogen) atoms. The van der Waals surface area contributed by atoms with Crippen LogP contribution in [0.2, 0.25) is 6.04 Å². The van der Waals surface area contributed by atoms with Gasteiger partial charge in [0.2, 0.25) is 0 Å². The van der Waals surface area contributed by atoms with Gasteiger partial charge < -0.3 is 5.11 Å². The summed E-state index contributed by atoms with van der Waals surface area (Å²) in [7, 11) is 0.100. The first kappa shape index (κ1) is 11.9. The minimum atomic E-state index is 0.100. The Hall–Kier alpha value is -0.0831. The molecule has 0 fully saturated rings. The molecule has 0 heterocycles. The van der Waals surface area contributed by atoms with Crippen LogP contribution in [-0.2, 0) is 0 Å². The van der Waals surface area contributed by atoms with Gasteiger partial charge in [-0.15, -0.1) is 0 Å². The van der Waals surface area contributed by atoms with E-state index in [1.807, 2.05) is 0 Å². The molecule has 0 aromatic rings. The van der Waals surface area contributed by atoms with Gasteiger partial charge in [-0.3, -0.25) is 0 Å². The third-order valence-corrected chi connectivity index (χ3v) is 4.27. The highest BCUT2D eigenvalue weighted by Crippen LogP contribution is 2.04. The Kier molecular flexibility index (Phi) is 8.95. The van der Waals surface area contributed by atoms with E-state index in [0.717, 1.165) is 6.42 Å². The maximum Gasteiger partial charge on any atom is 0.0487 e. The van der Waals surface area contributed by atoms with E-state index in [1.165, 1.54) is 25.3 Å². The molecular weight excluding hydrogens is 164 g/mol. The van der Waals surface area contributed by atoms with Crippen LogP contribution in [0.3, 0.4) is 0 Å². The fraction of sp³-hybridized carbons (Fsp3) is 0.800. The number of aliphatic hydroxyl groups is 1. The van der Waals surface area contributed by atoms with Crippen molar-refractivity contribution in [1.29, 1.82) is 0 Å². The minimum absolute atomic E-state index is 0.100. The van der Waals surface area contributed by atoms with Crippen LogP contribution < -0.4 is 0 Å². The molecule has 0 radical (unpaired) electrons. The Labute approximate surface area is 78.7 Å². The highest BCUT2D eigenvalue weighted by Gasteiger charge is 1.91. The number of aliphatic hydroxyl groups excluding tert-OH is 1. The molecule has 0 amide bonds. The molecule has 0 aliphatic carbocycles. The Morgan fingerprint density at radius 2 is 1.92 bits per heavy atom. The number of unbranched alkanes of at least 4 members (excludes halogenated alkanes) is 3. The summed E-state index contributed by atoms with van der Waals surface area (Å²) in [5.41, 5.74) is 0. The summed E-state index contributed by atoms with van der Waals surface area (Å²) in [6, 6.07) is 1.45. The van der Waals surface area contributed by atoms with E-state index in [2.05, 4.69) is 19.9 Å². The molecule has 0 aromatic carbocycles. The minimum Gasteiger partial charge on any atom is -0.396 e. The topological polar surface area (TPSA) is 20.2 Å². The second-order valence-corrected chi connectivity index (χ2v) is 5.70. The van der Waals surface area contributed by atoms with Crippen LogP contribution in [0.15, 0.2) is 11.3 Å². The lowest BCUT2D eigenvalue weighted by Gasteiger charge is -1.99. The molecule has 0 saturated carbocycles. The van der Waals surface area contributed by atoms with Crippen molar-refractivity contribution >= 4 is 9.52 Å². The molecule has 0 unspecified atom stereocenters. The lowest BCUT2D eigenvalue weighted by Crippen LogP contribution is -1.92. The van der Waals surface area contributed by atoms with Gasteiger partial charge in [0, 0.05) is 16.1 Å². The molecule has 2 heteroatoms. The molecule has 0 aliphatic heterocycles. The molecule has 1 N–H and O–H groups in total. The summed E-state index contributed by atoms with van der Waals surface area (Å²) < 4.78 is 0. The van der Waals surface area contributed by atoms with E-state index < -0.39 is 0 Å². The quantitative estimate of drug-likeness (QED) is 0.476. The van der Waals surface area contributed by atoms with E-state index in [0.29, 0.717) is 6.61 Å². The monoisotopic (exact) mass is 186 g/mol. The van der Waals surface area contributed by atoms with Gasteiger partial charge in [0.15, 0.2) is 0 Å². The summed E-state index contributed by atoms with van der Waals surface area (Å²) in [5, 5.41) is 10.2. The van der Waals surface area contributed by atoms with Gasteiger partial charge >= 0.3 is 0 Å². The fourth-order valence-electron chi connectivity index (χ4n) is 1.19. The molecule has 0 aromatic heterocycles. The van der Waals surface area contributed by atoms with E-state index in [4.69, 9.17) is 5.11 Å². The van der Waals surface area contributed by atoms with Crippen LogP contribution in [-0.4, -0.2) is 21.2 Å². The molecule has 1 nitrogen and oxygen atoms in total. The van der Waals surface area contributed by atoms with E-state index >= 15 is 0 Å². The summed E-state index contributed by atoms with van der Waals surface area (Å²) in [4.78, 5) is 0. The van der Waals surface area contributed by atoms with Gasteiger partial charge in [0.1, 0.15) is 0 Å². The van der Waals surface area contributed by atoms with E-state index in [-0.39, 0.29) is 9.52 Å². The molecule has 0 rings (SSSR count). The van der Waals surface area contributed by atoms with Crippen molar-refractivity contribution < 1.29 is 5.11 Å². The summed E-state index contributed by atoms with van der Waals surface area (Å²) in [6.07, 6.45) is 7.13. The van der Waals surface area contributed by atoms with Crippen molar-refractivity contribution in [2.45, 2.75) is 45.6 Å². The van der Waals surface area contributed by atoms with E-state index in [1.54, 1.807) is 5.20 Å². The first-order chi connectivity index (χ1) is 5.81. The molecule has 0 aliphatic rings. The van der Waals surface area contributed by atoms with Crippen molar-refractivity contribution in [2.24, 2.45) is 0 Å². The highest BCUT2D eigenvalue weighted by atomic mass is 28.2. The summed E-state index contributed by atoms with van der Waals surface area (Å²) in [5.74, 6) is 0. The van der Waals surface area contributed by atoms with Crippen LogP contribution in [0, 0.1) is 0 Å². The number of hydrogen-bond donors (Lipinski definition) is 1. The smallest absolute Gasteiger partial charge is 0.0487 e. The second-order valence-electron chi connectivity index (χ2n) is 3.38. The van der Waals surface area contributed by atoms with Crippen LogP contribution in [0.25, 0.3) is 0 Å². The highest BCUT2D eigenvalue weighted by molar-refractivity contribution is 6.44. The van der Waals surface area contributed by atoms with Crippen LogP contribution >= 0.6 is 0 Å². The third-order valence-electron chi connectivity index (χ3n) is 2.22. The predicted molar refractivity (Wildman–Crippen MR) is 58.3 cm³/mol. The Balaban J connectivity index is 3.00. The van der Waals surface area contributed by atoms with Crippen LogP contribution in [0.1, 0.15) is 39.5 Å². The average molecular weight is 186 g/mol. The number of hydrogen-bond acceptors (Lipinski definition) is 1. The maximum atomic E-state index is 8.55. The molecule has 0 bridgehead atoms. The van der Waals surface area contributed by atoms with Crippen molar-refractivity contribution in [3.8, 4) is 0 Å². The second kappa shape index (κ2) is 9.01. The SMILES string of the molecule is CC=C(C)[SiH2]CCCCCCO. The first-order valence-electron chi connectivity index (χ1n) is 5.04. The van der Waals surface area contributed by atoms with Crippen LogP contribution in [0.4, 0.5) is 0 Å². The zero-order valence-corrected chi connectivity index (χ0v) is 9.89. The Morgan fingerprint density at radius 1 is 1.25 bits per heavy atom. The largest absolute Gasteiger partial charge is 0.396 e. The van der Waals surface area contributed by atoms with Crippen LogP contribution in [0.5, 0.6) is 0 Å². The fourth-order valence-corrected chi connectivity index (χ4v) is 2.64. The van der Waals surface area contributed by atoms with Gasteiger partial charge in [-0.25, -0.2) is 0 Å². The van der Waals surface area contributed by atoms with Gasteiger partial charge in [-0.1, -0.05) is 36.6 Å². The number of allylic oxidation sites excluding steroid dienone is 2. The molecule has 0 atom stereocenters. The normalized spacial score (nSPS) is 13.1. The standard InChI is InChI=1S/C10H22OSi/c1-3-10(2)12-9-7-5-4-6-8-11/h3,11H,4-9,12H2,1-2H3. The zero-order chi connectivity index (χ0) is 9.23. The Morgan fingerprint density at radius 3 is 2.50 bits per heavy atom. The summed E-state index contributed by atoms with van der Waals surface area (Å²) >= 11 is 0. The lowest BCUT2D eigenvalue weighted by molar-refractivity contribution is 0.283.